The molecule has 2 aromatic carbocycles. The van der Waals surface area contributed by atoms with Crippen LogP contribution in [0.4, 0.5) is 11.4 Å². The highest BCUT2D eigenvalue weighted by atomic mass is 32.2. The normalized spacial score (nSPS) is 22.9. The van der Waals surface area contributed by atoms with E-state index < -0.39 is 11.7 Å². The first kappa shape index (κ1) is 36.1. The lowest BCUT2D eigenvalue weighted by molar-refractivity contribution is -0.150. The molecule has 50 heavy (non-hydrogen) atoms. The van der Waals surface area contributed by atoms with Crippen molar-refractivity contribution < 1.29 is 9.53 Å². The molecular formula is C41H53N5O3S. The van der Waals surface area contributed by atoms with Crippen molar-refractivity contribution in [2.24, 2.45) is 28.7 Å². The highest BCUT2D eigenvalue weighted by molar-refractivity contribution is 7.99. The Morgan fingerprint density at radius 1 is 1.06 bits per heavy atom. The molecule has 3 unspecified atom stereocenters. The van der Waals surface area contributed by atoms with E-state index in [0.29, 0.717) is 28.4 Å². The van der Waals surface area contributed by atoms with E-state index in [1.807, 2.05) is 30.3 Å². The number of aryl methyl sites for hydroxylation is 1. The van der Waals surface area contributed by atoms with Gasteiger partial charge in [-0.2, -0.15) is 4.98 Å². The number of carbonyl (C=O) groups is 1. The lowest BCUT2D eigenvalue weighted by atomic mass is 9.75. The van der Waals surface area contributed by atoms with Gasteiger partial charge in [-0.25, -0.2) is 24.1 Å². The van der Waals surface area contributed by atoms with Gasteiger partial charge in [0.25, 0.3) is 0 Å². The predicted octanol–water partition coefficient (Wildman–Crippen LogP) is 8.75. The average molecular weight is 696 g/mol. The van der Waals surface area contributed by atoms with Gasteiger partial charge >= 0.3 is 11.7 Å². The van der Waals surface area contributed by atoms with Crippen molar-refractivity contribution in [3.63, 3.8) is 0 Å². The smallest absolute Gasteiger partial charge is 0.357 e. The second kappa shape index (κ2) is 15.7. The quantitative estimate of drug-likeness (QED) is 0.138. The second-order valence-corrected chi connectivity index (χ2v) is 15.7. The first-order chi connectivity index (χ1) is 24.1. The van der Waals surface area contributed by atoms with E-state index in [1.54, 1.807) is 0 Å². The summed E-state index contributed by atoms with van der Waals surface area (Å²) in [5.74, 6) is 2.49. The number of unbranched alkanes of at least 4 members (excludes halogenated alkanes) is 1. The van der Waals surface area contributed by atoms with Crippen LogP contribution in [0, 0.1) is 30.6 Å². The number of allylic oxidation sites excluding steroid dienone is 1. The molecule has 1 aromatic heterocycles. The summed E-state index contributed by atoms with van der Waals surface area (Å²) in [5.41, 5.74) is 5.36. The Labute approximate surface area is 301 Å². The van der Waals surface area contributed by atoms with Crippen LogP contribution in [0.15, 0.2) is 57.4 Å². The van der Waals surface area contributed by atoms with Gasteiger partial charge in [0, 0.05) is 30.1 Å². The molecule has 6 rings (SSSR count). The molecule has 0 radical (unpaired) electrons. The Balaban J connectivity index is 1.51. The summed E-state index contributed by atoms with van der Waals surface area (Å²) in [6.45, 7) is 17.2. The van der Waals surface area contributed by atoms with Crippen LogP contribution in [0.2, 0.25) is 0 Å². The third-order valence-electron chi connectivity index (χ3n) is 10.9. The molecule has 3 aliphatic rings. The first-order valence-corrected chi connectivity index (χ1v) is 19.7. The summed E-state index contributed by atoms with van der Waals surface area (Å²) in [7, 11) is 0. The SMILES string of the molecule is CCCCC(CC)CSc1nc2n(c(=O)n1)C(=Nc1cc3c(cc1C)N(CC)CC3)C(c1ccccc1)=C2C(=O)OC1C(C)CC(C)CC1C. The van der Waals surface area contributed by atoms with Gasteiger partial charge in [-0.1, -0.05) is 96.0 Å². The fourth-order valence-corrected chi connectivity index (χ4v) is 9.26. The summed E-state index contributed by atoms with van der Waals surface area (Å²) in [6, 6.07) is 14.1. The molecule has 266 valence electrons. The summed E-state index contributed by atoms with van der Waals surface area (Å²) < 4.78 is 7.91. The lowest BCUT2D eigenvalue weighted by Gasteiger charge is -2.37. The fourth-order valence-electron chi connectivity index (χ4n) is 8.18. The van der Waals surface area contributed by atoms with Crippen LogP contribution in [0.1, 0.15) is 103 Å². The molecule has 1 saturated carbocycles. The number of ether oxygens (including phenoxy) is 1. The summed E-state index contributed by atoms with van der Waals surface area (Å²) in [5, 5.41) is 0.386. The van der Waals surface area contributed by atoms with E-state index in [-0.39, 0.29) is 29.3 Å². The zero-order chi connectivity index (χ0) is 35.5. The zero-order valence-corrected chi connectivity index (χ0v) is 31.7. The maximum atomic E-state index is 14.7. The number of fused-ring (bicyclic) bond motifs is 2. The summed E-state index contributed by atoms with van der Waals surface area (Å²) in [6.07, 6.45) is 7.21. The largest absolute Gasteiger partial charge is 0.458 e. The highest BCUT2D eigenvalue weighted by Gasteiger charge is 2.41. The number of carbonyl (C=O) groups excluding carboxylic acids is 1. The van der Waals surface area contributed by atoms with Crippen LogP contribution in [0.5, 0.6) is 0 Å². The number of benzene rings is 2. The van der Waals surface area contributed by atoms with Gasteiger partial charge in [0.05, 0.1) is 5.69 Å². The van der Waals surface area contributed by atoms with Crippen molar-refractivity contribution >= 4 is 46.1 Å². The maximum absolute atomic E-state index is 14.7. The van der Waals surface area contributed by atoms with Gasteiger partial charge in [-0.15, -0.1) is 0 Å². The van der Waals surface area contributed by atoms with Gasteiger partial charge in [-0.3, -0.25) is 0 Å². The van der Waals surface area contributed by atoms with Crippen LogP contribution in [0.25, 0.3) is 11.1 Å². The van der Waals surface area contributed by atoms with Crippen molar-refractivity contribution in [2.75, 3.05) is 23.7 Å². The number of hydrogen-bond acceptors (Lipinski definition) is 8. The zero-order valence-electron chi connectivity index (χ0n) is 30.9. The van der Waals surface area contributed by atoms with Gasteiger partial charge < -0.3 is 9.64 Å². The first-order valence-electron chi connectivity index (χ1n) is 18.8. The molecule has 9 heteroatoms. The predicted molar refractivity (Wildman–Crippen MR) is 205 cm³/mol. The van der Waals surface area contributed by atoms with Gasteiger partial charge in [0.15, 0.2) is 16.8 Å². The number of rotatable bonds is 12. The standard InChI is InChI=1S/C41H53N5O3S/c1-8-11-15-29(9-2)24-50-40-43-38-35(39(47)49-36-27(6)20-25(4)21-28(36)7)34(30-16-13-12-14-17-30)37(46(38)41(48)44-40)42-32-23-31-18-19-45(10-3)33(31)22-26(32)5/h12-14,16-17,22-23,25,27-29,36H,8-11,15,18-21,24H2,1-7H3. The minimum absolute atomic E-state index is 0.220. The van der Waals surface area contributed by atoms with E-state index >= 15 is 0 Å². The molecular weight excluding hydrogens is 643 g/mol. The van der Waals surface area contributed by atoms with Crippen LogP contribution in [0.3, 0.4) is 0 Å². The van der Waals surface area contributed by atoms with Crippen molar-refractivity contribution in [1.29, 1.82) is 0 Å². The number of hydrogen-bond donors (Lipinski definition) is 0. The fraction of sp³-hybridized carbons (Fsp3) is 0.537. The van der Waals surface area contributed by atoms with Gasteiger partial charge in [0.2, 0.25) is 0 Å². The molecule has 3 aromatic rings. The minimum atomic E-state index is -0.488. The van der Waals surface area contributed by atoms with Gasteiger partial charge in [-0.05, 0) is 92.0 Å². The minimum Gasteiger partial charge on any atom is -0.458 e. The van der Waals surface area contributed by atoms with E-state index in [9.17, 15) is 9.59 Å². The Hall–Kier alpha value is -3.72. The lowest BCUT2D eigenvalue weighted by Crippen LogP contribution is -2.37. The van der Waals surface area contributed by atoms with Crippen molar-refractivity contribution in [1.82, 2.24) is 14.5 Å². The van der Waals surface area contributed by atoms with E-state index in [4.69, 9.17) is 14.7 Å². The third kappa shape index (κ3) is 7.34. The third-order valence-corrected chi connectivity index (χ3v) is 12.0. The number of aliphatic imine (C=N–C) groups is 1. The Bertz CT molecular complexity index is 1820. The molecule has 3 atom stereocenters. The number of thioether (sulfide) groups is 1. The van der Waals surface area contributed by atoms with Crippen molar-refractivity contribution in [3.8, 4) is 0 Å². The molecule has 2 aliphatic heterocycles. The number of aromatic nitrogens is 3. The van der Waals surface area contributed by atoms with E-state index in [0.717, 1.165) is 74.2 Å². The highest BCUT2D eigenvalue weighted by Crippen LogP contribution is 2.41. The molecule has 0 spiro atoms. The molecule has 0 N–H and O–H groups in total. The molecule has 0 saturated heterocycles. The van der Waals surface area contributed by atoms with Crippen LogP contribution >= 0.6 is 11.8 Å². The van der Waals surface area contributed by atoms with Crippen LogP contribution in [-0.4, -0.2) is 51.3 Å². The number of likely N-dealkylation sites (N-methyl/N-ethyl adjacent to an activating group) is 1. The molecule has 1 aliphatic carbocycles. The van der Waals surface area contributed by atoms with Crippen molar-refractivity contribution in [2.45, 2.75) is 105 Å². The number of nitrogens with zero attached hydrogens (tertiary/aromatic N) is 5. The summed E-state index contributed by atoms with van der Waals surface area (Å²) >= 11 is 1.50. The Kier molecular flexibility index (Phi) is 11.3. The van der Waals surface area contributed by atoms with Gasteiger partial charge in [0.1, 0.15) is 11.7 Å². The second-order valence-electron chi connectivity index (χ2n) is 14.7. The molecule has 0 bridgehead atoms. The van der Waals surface area contributed by atoms with Crippen LogP contribution in [-0.2, 0) is 16.0 Å². The Morgan fingerprint density at radius 3 is 2.48 bits per heavy atom. The Morgan fingerprint density at radius 2 is 1.80 bits per heavy atom. The van der Waals surface area contributed by atoms with E-state index in [2.05, 4.69) is 70.5 Å². The molecule has 8 nitrogen and oxygen atoms in total. The van der Waals surface area contributed by atoms with Crippen molar-refractivity contribution in [3.05, 3.63) is 75.5 Å². The molecule has 1 fully saturated rings. The monoisotopic (exact) mass is 695 g/mol. The average Bonchev–Trinajstić information content (AvgIpc) is 3.65. The number of esters is 1. The summed E-state index contributed by atoms with van der Waals surface area (Å²) in [4.78, 5) is 45.9. The molecule has 3 heterocycles. The number of anilines is 1. The topological polar surface area (TPSA) is 89.7 Å². The molecule has 0 amide bonds. The van der Waals surface area contributed by atoms with Crippen LogP contribution < -0.4 is 10.6 Å². The van der Waals surface area contributed by atoms with E-state index in [1.165, 1.54) is 34.0 Å². The maximum Gasteiger partial charge on any atom is 0.357 e.